The molecule has 0 rings (SSSR count). The van der Waals surface area contributed by atoms with Gasteiger partial charge in [0.1, 0.15) is 0 Å². The molecular formula is C25H62O5S2Si5. The van der Waals surface area contributed by atoms with E-state index in [4.69, 9.17) is 22.1 Å². The van der Waals surface area contributed by atoms with Crippen LogP contribution in [0.3, 0.4) is 0 Å². The van der Waals surface area contributed by atoms with E-state index in [2.05, 4.69) is 112 Å². The largest absolute Gasteiger partial charge is 0.415 e. The number of hydrogen-bond acceptors (Lipinski definition) is 7. The molecule has 5 nitrogen and oxygen atoms in total. The van der Waals surface area contributed by atoms with E-state index in [1.54, 1.807) is 0 Å². The second kappa shape index (κ2) is 15.7. The molecule has 0 N–H and O–H groups in total. The summed E-state index contributed by atoms with van der Waals surface area (Å²) in [6.07, 6.45) is -0.757. The molecule has 37 heavy (non-hydrogen) atoms. The topological polar surface area (TPSA) is 46.2 Å². The first-order chi connectivity index (χ1) is 16.4. The smallest absolute Gasteiger partial charge is 0.184 e. The zero-order chi connectivity index (χ0) is 29.5. The Hall–Kier alpha value is 1.58. The van der Waals surface area contributed by atoms with Gasteiger partial charge >= 0.3 is 0 Å². The van der Waals surface area contributed by atoms with Crippen LogP contribution in [0.25, 0.3) is 0 Å². The fraction of sp³-hybridized carbons (Fsp3) is 1.00. The van der Waals surface area contributed by atoms with Crippen molar-refractivity contribution >= 4 is 65.1 Å². The Balaban J connectivity index is 7.05. The lowest BCUT2D eigenvalue weighted by molar-refractivity contribution is -0.0839. The van der Waals surface area contributed by atoms with Crippen molar-refractivity contribution in [2.24, 2.45) is 0 Å². The van der Waals surface area contributed by atoms with Gasteiger partial charge in [0.05, 0.1) is 35.6 Å². The van der Waals surface area contributed by atoms with Gasteiger partial charge in [-0.2, -0.15) is 0 Å². The van der Waals surface area contributed by atoms with Crippen LogP contribution in [0.15, 0.2) is 0 Å². The molecule has 0 fully saturated rings. The van der Waals surface area contributed by atoms with Gasteiger partial charge in [-0.1, -0.05) is 13.8 Å². The van der Waals surface area contributed by atoms with E-state index in [1.165, 1.54) is 0 Å². The molecule has 0 aliphatic rings. The monoisotopic (exact) mass is 646 g/mol. The van der Waals surface area contributed by atoms with Crippen LogP contribution >= 0.6 is 23.5 Å². The molecule has 224 valence electrons. The molecule has 0 aromatic carbocycles. The maximum atomic E-state index is 7.15. The summed E-state index contributed by atoms with van der Waals surface area (Å²) in [5, 5.41) is 0. The lowest BCUT2D eigenvalue weighted by atomic mass is 10.0. The number of rotatable bonds is 19. The van der Waals surface area contributed by atoms with Crippen molar-refractivity contribution < 1.29 is 22.1 Å². The van der Waals surface area contributed by atoms with Gasteiger partial charge in [-0.3, -0.25) is 0 Å². The average Bonchev–Trinajstić information content (AvgIpc) is 2.62. The van der Waals surface area contributed by atoms with Crippen LogP contribution in [-0.4, -0.2) is 88.7 Å². The van der Waals surface area contributed by atoms with E-state index in [0.717, 1.165) is 11.5 Å². The zero-order valence-electron chi connectivity index (χ0n) is 27.4. The Morgan fingerprint density at radius 1 is 0.459 bits per heavy atom. The third-order valence-corrected chi connectivity index (χ3v) is 12.3. The third kappa shape index (κ3) is 19.4. The summed E-state index contributed by atoms with van der Waals surface area (Å²) < 4.78 is 35.1. The van der Waals surface area contributed by atoms with Gasteiger partial charge in [0.2, 0.25) is 0 Å². The third-order valence-electron chi connectivity index (χ3n) is 4.60. The summed E-state index contributed by atoms with van der Waals surface area (Å²) in [6, 6.07) is 0. The molecule has 0 saturated heterocycles. The standard InChI is InChI=1S/C25H62O5S2Si5/c1-18-31-25(32-19-2)24(30-37(15,16)17)23(29-36(12,13)14)22(28-35(9,10)11)21(27-34(6,7)8)20-26-33(3,4)5/h21-25H,18-20H2,1-17H3/t21-,22-,23+,24-/m0/s1. The normalized spacial score (nSPS) is 17.7. The molecule has 0 aromatic rings. The molecule has 0 aliphatic carbocycles. The van der Waals surface area contributed by atoms with Crippen molar-refractivity contribution in [1.29, 1.82) is 0 Å². The van der Waals surface area contributed by atoms with Gasteiger partial charge < -0.3 is 22.1 Å². The molecule has 0 amide bonds. The first-order valence-electron chi connectivity index (χ1n) is 14.0. The first kappa shape index (κ1) is 38.6. The predicted molar refractivity (Wildman–Crippen MR) is 182 cm³/mol. The number of thioether (sulfide) groups is 2. The zero-order valence-corrected chi connectivity index (χ0v) is 34.0. The molecular weight excluding hydrogens is 585 g/mol. The van der Waals surface area contributed by atoms with Gasteiger partial charge in [0.15, 0.2) is 41.6 Å². The van der Waals surface area contributed by atoms with Crippen molar-refractivity contribution in [2.75, 3.05) is 18.1 Å². The summed E-state index contributed by atoms with van der Waals surface area (Å²) in [4.78, 5) is 0. The van der Waals surface area contributed by atoms with Crippen LogP contribution in [0.1, 0.15) is 13.8 Å². The van der Waals surface area contributed by atoms with Crippen LogP contribution in [0.5, 0.6) is 0 Å². The minimum absolute atomic E-state index is 0.0886. The van der Waals surface area contributed by atoms with Gasteiger partial charge in [-0.25, -0.2) is 0 Å². The van der Waals surface area contributed by atoms with E-state index in [-0.39, 0.29) is 29.0 Å². The molecule has 0 bridgehead atoms. The quantitative estimate of drug-likeness (QED) is 0.103. The highest BCUT2D eigenvalue weighted by molar-refractivity contribution is 8.17. The van der Waals surface area contributed by atoms with Crippen LogP contribution < -0.4 is 0 Å². The summed E-state index contributed by atoms with van der Waals surface area (Å²) in [5.74, 6) is 2.08. The first-order valence-corrected chi connectivity index (χ1v) is 33.1. The van der Waals surface area contributed by atoms with Gasteiger partial charge in [0.25, 0.3) is 0 Å². The summed E-state index contributed by atoms with van der Waals surface area (Å²) in [7, 11) is -9.54. The molecule has 0 radical (unpaired) electrons. The molecule has 12 heteroatoms. The summed E-state index contributed by atoms with van der Waals surface area (Å²) in [5.41, 5.74) is 0. The highest BCUT2D eigenvalue weighted by Crippen LogP contribution is 2.37. The minimum Gasteiger partial charge on any atom is -0.415 e. The van der Waals surface area contributed by atoms with E-state index in [0.29, 0.717) is 6.61 Å². The molecule has 0 unspecified atom stereocenters. The SMILES string of the molecule is CCSC(SCC)[C@@H](O[Si](C)(C)C)[C@H](O[Si](C)(C)C)[C@@H](O[Si](C)(C)C)[C@H](CO[Si](C)(C)C)O[Si](C)(C)C. The van der Waals surface area contributed by atoms with Crippen LogP contribution in [-0.2, 0) is 22.1 Å². The Morgan fingerprint density at radius 3 is 1.14 bits per heavy atom. The van der Waals surface area contributed by atoms with Gasteiger partial charge in [-0.05, 0) is 110 Å². The molecule has 0 aromatic heterocycles. The minimum atomic E-state index is -1.98. The second-order valence-electron chi connectivity index (χ2n) is 14.6. The lowest BCUT2D eigenvalue weighted by Crippen LogP contribution is -2.61. The van der Waals surface area contributed by atoms with Crippen molar-refractivity contribution in [3.63, 3.8) is 0 Å². The number of hydrogen-bond donors (Lipinski definition) is 0. The summed E-state index contributed by atoms with van der Waals surface area (Å²) >= 11 is 3.95. The summed E-state index contributed by atoms with van der Waals surface area (Å²) in [6.45, 7) is 39.0. The van der Waals surface area contributed by atoms with Crippen molar-refractivity contribution in [2.45, 2.75) is 141 Å². The predicted octanol–water partition coefficient (Wildman–Crippen LogP) is 8.55. The highest BCUT2D eigenvalue weighted by Gasteiger charge is 2.47. The molecule has 4 atom stereocenters. The van der Waals surface area contributed by atoms with E-state index in [9.17, 15) is 0 Å². The van der Waals surface area contributed by atoms with Crippen LogP contribution in [0, 0.1) is 0 Å². The van der Waals surface area contributed by atoms with E-state index < -0.39 is 41.6 Å². The van der Waals surface area contributed by atoms with Gasteiger partial charge in [-0.15, -0.1) is 23.5 Å². The molecule has 0 aliphatic heterocycles. The van der Waals surface area contributed by atoms with E-state index >= 15 is 0 Å². The Morgan fingerprint density at radius 2 is 0.811 bits per heavy atom. The highest BCUT2D eigenvalue weighted by atomic mass is 32.2. The second-order valence-corrected chi connectivity index (χ2v) is 40.0. The van der Waals surface area contributed by atoms with Crippen LogP contribution in [0.2, 0.25) is 98.2 Å². The fourth-order valence-electron chi connectivity index (χ4n) is 3.73. The Labute approximate surface area is 245 Å². The lowest BCUT2D eigenvalue weighted by Gasteiger charge is -2.47. The van der Waals surface area contributed by atoms with Gasteiger partial charge in [0, 0.05) is 0 Å². The maximum absolute atomic E-state index is 7.15. The van der Waals surface area contributed by atoms with Crippen molar-refractivity contribution in [3.8, 4) is 0 Å². The molecule has 0 spiro atoms. The fourth-order valence-corrected chi connectivity index (χ4v) is 11.6. The van der Waals surface area contributed by atoms with Crippen molar-refractivity contribution in [1.82, 2.24) is 0 Å². The Bertz CT molecular complexity index is 634. The van der Waals surface area contributed by atoms with Crippen LogP contribution in [0.4, 0.5) is 0 Å². The Kier molecular flexibility index (Phi) is 16.4. The van der Waals surface area contributed by atoms with Crippen molar-refractivity contribution in [3.05, 3.63) is 0 Å². The molecule has 0 heterocycles. The van der Waals surface area contributed by atoms with E-state index in [1.807, 2.05) is 23.5 Å². The maximum Gasteiger partial charge on any atom is 0.184 e. The average molecular weight is 647 g/mol. The molecule has 0 saturated carbocycles.